The Morgan fingerprint density at radius 3 is 2.58 bits per heavy atom. The van der Waals surface area contributed by atoms with Gasteiger partial charge in [0.05, 0.1) is 22.4 Å². The van der Waals surface area contributed by atoms with Gasteiger partial charge in [0.2, 0.25) is 0 Å². The van der Waals surface area contributed by atoms with Crippen molar-refractivity contribution < 1.29 is 0 Å². The molecule has 38 heavy (non-hydrogen) atoms. The summed E-state index contributed by atoms with van der Waals surface area (Å²) in [5.74, 6) is 0.745. The molecule has 0 radical (unpaired) electrons. The summed E-state index contributed by atoms with van der Waals surface area (Å²) in [5.41, 5.74) is 8.90. The molecule has 8 nitrogen and oxygen atoms in total. The minimum Gasteiger partial charge on any atom is -0.370 e. The van der Waals surface area contributed by atoms with Gasteiger partial charge in [0.25, 0.3) is 0 Å². The van der Waals surface area contributed by atoms with Gasteiger partial charge in [0, 0.05) is 31.0 Å². The summed E-state index contributed by atoms with van der Waals surface area (Å²) in [6.45, 7) is 5.84. The first-order valence-electron chi connectivity index (χ1n) is 14.1. The second-order valence-electron chi connectivity index (χ2n) is 10.7. The summed E-state index contributed by atoms with van der Waals surface area (Å²) in [6, 6.07) is 12.7. The van der Waals surface area contributed by atoms with Crippen LogP contribution in [0.4, 0.5) is 5.69 Å². The molecule has 2 aliphatic heterocycles. The van der Waals surface area contributed by atoms with Crippen molar-refractivity contribution in [1.29, 1.82) is 0 Å². The number of likely N-dealkylation sites (tertiary alicyclic amines) is 1. The van der Waals surface area contributed by atoms with Gasteiger partial charge in [-0.3, -0.25) is 10.1 Å². The van der Waals surface area contributed by atoms with E-state index in [1.165, 1.54) is 63.0 Å². The van der Waals surface area contributed by atoms with Crippen LogP contribution in [0.1, 0.15) is 44.1 Å². The summed E-state index contributed by atoms with van der Waals surface area (Å²) >= 11 is 0. The number of benzene rings is 1. The number of hydrogen-bond donors (Lipinski definition) is 2. The molecule has 1 aromatic carbocycles. The second kappa shape index (κ2) is 10.2. The second-order valence-corrected chi connectivity index (χ2v) is 10.7. The highest BCUT2D eigenvalue weighted by Crippen LogP contribution is 2.32. The molecule has 7 rings (SSSR count). The lowest BCUT2D eigenvalue weighted by Gasteiger charge is -2.28. The van der Waals surface area contributed by atoms with Crippen LogP contribution in [0.2, 0.25) is 0 Å². The van der Waals surface area contributed by atoms with Gasteiger partial charge in [-0.15, -0.1) is 0 Å². The van der Waals surface area contributed by atoms with Crippen molar-refractivity contribution >= 4 is 27.8 Å². The molecule has 2 fully saturated rings. The van der Waals surface area contributed by atoms with Crippen molar-refractivity contribution in [2.75, 3.05) is 37.6 Å². The molecular formula is C30H34N8. The number of aryl methyl sites for hydroxylation is 1. The normalized spacial score (nSPS) is 16.7. The molecule has 0 atom stereocenters. The smallest absolute Gasteiger partial charge is 0.161 e. The molecule has 0 amide bonds. The monoisotopic (exact) mass is 506 g/mol. The molecule has 0 aliphatic carbocycles. The van der Waals surface area contributed by atoms with Crippen molar-refractivity contribution in [3.63, 3.8) is 0 Å². The lowest BCUT2D eigenvalue weighted by Crippen LogP contribution is -2.29. The summed E-state index contributed by atoms with van der Waals surface area (Å²) in [4.78, 5) is 23.1. The molecule has 0 unspecified atom stereocenters. The van der Waals surface area contributed by atoms with E-state index in [2.05, 4.69) is 60.3 Å². The van der Waals surface area contributed by atoms with E-state index in [4.69, 9.17) is 9.97 Å². The van der Waals surface area contributed by atoms with Crippen molar-refractivity contribution in [2.45, 2.75) is 44.9 Å². The third-order valence-corrected chi connectivity index (χ3v) is 8.05. The van der Waals surface area contributed by atoms with Crippen molar-refractivity contribution in [2.24, 2.45) is 0 Å². The average Bonchev–Trinajstić information content (AvgIpc) is 3.73. The van der Waals surface area contributed by atoms with Gasteiger partial charge in [-0.1, -0.05) is 6.07 Å². The number of anilines is 1. The number of rotatable bonds is 7. The van der Waals surface area contributed by atoms with Crippen LogP contribution >= 0.6 is 0 Å². The average molecular weight is 507 g/mol. The van der Waals surface area contributed by atoms with E-state index < -0.39 is 0 Å². The van der Waals surface area contributed by atoms with Crippen LogP contribution < -0.4 is 4.90 Å². The summed E-state index contributed by atoms with van der Waals surface area (Å²) in [6.07, 6.45) is 12.6. The van der Waals surface area contributed by atoms with Gasteiger partial charge < -0.3 is 14.8 Å². The fourth-order valence-electron chi connectivity index (χ4n) is 6.02. The molecule has 0 bridgehead atoms. The third kappa shape index (κ3) is 4.53. The van der Waals surface area contributed by atoms with E-state index in [1.54, 1.807) is 0 Å². The number of nitrogens with zero attached hydrogens (tertiary/aromatic N) is 6. The highest BCUT2D eigenvalue weighted by Gasteiger charge is 2.19. The maximum Gasteiger partial charge on any atom is 0.161 e. The van der Waals surface area contributed by atoms with E-state index in [9.17, 15) is 0 Å². The zero-order valence-corrected chi connectivity index (χ0v) is 21.8. The molecule has 0 spiro atoms. The number of para-hydroxylation sites is 1. The lowest BCUT2D eigenvalue weighted by atomic mass is 10.1. The number of imidazole rings is 1. The maximum atomic E-state index is 5.04. The first-order chi connectivity index (χ1) is 18.8. The minimum absolute atomic E-state index is 0.745. The fourth-order valence-corrected chi connectivity index (χ4v) is 6.02. The molecule has 2 saturated heterocycles. The van der Waals surface area contributed by atoms with Crippen LogP contribution in [-0.2, 0) is 6.42 Å². The predicted molar refractivity (Wildman–Crippen MR) is 152 cm³/mol. The molecular weight excluding hydrogens is 472 g/mol. The summed E-state index contributed by atoms with van der Waals surface area (Å²) < 4.78 is 0. The molecule has 5 aromatic rings. The number of hydrogen-bond acceptors (Lipinski definition) is 6. The van der Waals surface area contributed by atoms with E-state index in [-0.39, 0.29) is 0 Å². The largest absolute Gasteiger partial charge is 0.370 e. The Morgan fingerprint density at radius 1 is 0.816 bits per heavy atom. The molecule has 194 valence electrons. The van der Waals surface area contributed by atoms with Gasteiger partial charge in [0.15, 0.2) is 11.5 Å². The number of fused-ring (bicyclic) bond motifs is 2. The standard InChI is InChI=1S/C30H34N8/c1-2-16-38(17-3-1)26-10-6-9-24-27(26)34-30(33-24)29-28-25(35-36-29)12-11-23(32-28)22-18-21(19-31-20-22)8-7-15-37-13-4-5-14-37/h6,9-12,18-20H,1-5,7-8,13-17H2,(H,33,34)(H,35,36). The minimum atomic E-state index is 0.745. The van der Waals surface area contributed by atoms with Crippen LogP contribution in [0.3, 0.4) is 0 Å². The van der Waals surface area contributed by atoms with Gasteiger partial charge >= 0.3 is 0 Å². The van der Waals surface area contributed by atoms with Crippen LogP contribution in [0.15, 0.2) is 48.8 Å². The Bertz CT molecular complexity index is 1560. The Morgan fingerprint density at radius 2 is 1.68 bits per heavy atom. The van der Waals surface area contributed by atoms with E-state index in [0.29, 0.717) is 0 Å². The van der Waals surface area contributed by atoms with Crippen molar-refractivity contribution in [3.05, 3.63) is 54.4 Å². The Labute approximate surface area is 222 Å². The summed E-state index contributed by atoms with van der Waals surface area (Å²) in [7, 11) is 0. The zero-order valence-electron chi connectivity index (χ0n) is 21.8. The topological polar surface area (TPSA) is 89.6 Å². The Hall–Kier alpha value is -3.78. The van der Waals surface area contributed by atoms with Crippen LogP contribution in [0, 0.1) is 0 Å². The molecule has 6 heterocycles. The molecule has 0 saturated carbocycles. The number of aromatic amines is 2. The molecule has 2 aliphatic rings. The number of piperidine rings is 1. The lowest BCUT2D eigenvalue weighted by molar-refractivity contribution is 0.334. The Kier molecular flexibility index (Phi) is 6.25. The van der Waals surface area contributed by atoms with Gasteiger partial charge in [-0.25, -0.2) is 9.97 Å². The summed E-state index contributed by atoms with van der Waals surface area (Å²) in [5, 5.41) is 7.77. The third-order valence-electron chi connectivity index (χ3n) is 8.05. The van der Waals surface area contributed by atoms with Gasteiger partial charge in [0.1, 0.15) is 11.0 Å². The van der Waals surface area contributed by atoms with Crippen LogP contribution in [0.25, 0.3) is 44.8 Å². The maximum absolute atomic E-state index is 5.04. The number of pyridine rings is 2. The van der Waals surface area contributed by atoms with Crippen molar-refractivity contribution in [3.8, 4) is 22.8 Å². The quantitative estimate of drug-likeness (QED) is 0.299. The first-order valence-corrected chi connectivity index (χ1v) is 14.1. The van der Waals surface area contributed by atoms with Crippen molar-refractivity contribution in [1.82, 2.24) is 35.0 Å². The SMILES string of the molecule is c1cc(N2CCCCC2)c2nc(-c3n[nH]c4ccc(-c5cncc(CCCN6CCCC6)c5)nc34)[nH]c2c1. The van der Waals surface area contributed by atoms with Crippen LogP contribution in [0.5, 0.6) is 0 Å². The fraction of sp³-hybridized carbons (Fsp3) is 0.400. The predicted octanol–water partition coefficient (Wildman–Crippen LogP) is 5.58. The zero-order chi connectivity index (χ0) is 25.3. The van der Waals surface area contributed by atoms with Gasteiger partial charge in [-0.05, 0) is 100 Å². The van der Waals surface area contributed by atoms with E-state index in [1.807, 2.05) is 18.5 Å². The molecule has 8 heteroatoms. The number of aromatic nitrogens is 6. The van der Waals surface area contributed by atoms with E-state index >= 15 is 0 Å². The van der Waals surface area contributed by atoms with E-state index in [0.717, 1.165) is 70.8 Å². The van der Waals surface area contributed by atoms with Crippen LogP contribution in [-0.4, -0.2) is 67.8 Å². The van der Waals surface area contributed by atoms with Gasteiger partial charge in [-0.2, -0.15) is 5.10 Å². The first kappa shape index (κ1) is 23.3. The highest BCUT2D eigenvalue weighted by molar-refractivity contribution is 5.95. The Balaban J connectivity index is 1.18. The highest BCUT2D eigenvalue weighted by atomic mass is 15.2. The molecule has 2 N–H and O–H groups in total. The molecule has 4 aromatic heterocycles. The number of H-pyrrole nitrogens is 2. The number of nitrogens with one attached hydrogen (secondary N) is 2.